The van der Waals surface area contributed by atoms with Crippen molar-refractivity contribution in [3.05, 3.63) is 94.5 Å². The van der Waals surface area contributed by atoms with Gasteiger partial charge in [-0.2, -0.15) is 5.10 Å². The molecule has 2 N–H and O–H groups in total. The number of nitrogens with zero attached hydrogens (tertiary/aromatic N) is 3. The molecule has 0 bridgehead atoms. The van der Waals surface area contributed by atoms with E-state index in [9.17, 15) is 9.59 Å². The first-order chi connectivity index (χ1) is 19.0. The van der Waals surface area contributed by atoms with Crippen LogP contribution in [0, 0.1) is 6.92 Å². The highest BCUT2D eigenvalue weighted by molar-refractivity contribution is 7.99. The third-order valence-electron chi connectivity index (χ3n) is 5.26. The summed E-state index contributed by atoms with van der Waals surface area (Å²) in [6.45, 7) is 2.60. The molecule has 0 spiro atoms. The van der Waals surface area contributed by atoms with Crippen molar-refractivity contribution in [2.24, 2.45) is 5.10 Å². The van der Waals surface area contributed by atoms with E-state index in [1.807, 2.05) is 18.2 Å². The maximum absolute atomic E-state index is 12.3. The van der Waals surface area contributed by atoms with Gasteiger partial charge in [-0.15, -0.1) is 22.0 Å². The van der Waals surface area contributed by atoms with Crippen LogP contribution in [0.4, 0.5) is 5.13 Å². The predicted octanol–water partition coefficient (Wildman–Crippen LogP) is 4.97. The zero-order chi connectivity index (χ0) is 27.5. The van der Waals surface area contributed by atoms with Gasteiger partial charge in [-0.1, -0.05) is 47.2 Å². The first-order valence-electron chi connectivity index (χ1n) is 12.0. The Morgan fingerprint density at radius 2 is 1.82 bits per heavy atom. The Kier molecular flexibility index (Phi) is 10.0. The summed E-state index contributed by atoms with van der Waals surface area (Å²) in [4.78, 5) is 25.7. The number of hydrazone groups is 1. The fraction of sp³-hybridized carbons (Fsp3) is 0.179. The summed E-state index contributed by atoms with van der Waals surface area (Å²) in [6.07, 6.45) is 1.50. The number of benzene rings is 3. The van der Waals surface area contributed by atoms with Gasteiger partial charge in [0.05, 0.1) is 26.4 Å². The number of nitrogens with one attached hydrogen (secondary N) is 2. The van der Waals surface area contributed by atoms with Crippen LogP contribution in [0.5, 0.6) is 11.5 Å². The molecule has 200 valence electrons. The summed E-state index contributed by atoms with van der Waals surface area (Å²) in [5, 5.41) is 15.4. The second-order valence-electron chi connectivity index (χ2n) is 8.21. The quantitative estimate of drug-likeness (QED) is 0.109. The van der Waals surface area contributed by atoms with Gasteiger partial charge in [0.1, 0.15) is 5.01 Å². The van der Waals surface area contributed by atoms with E-state index in [2.05, 4.69) is 57.2 Å². The lowest BCUT2D eigenvalue weighted by atomic mass is 10.2. The maximum Gasteiger partial charge on any atom is 0.257 e. The molecular weight excluding hydrogens is 534 g/mol. The highest BCUT2D eigenvalue weighted by Crippen LogP contribution is 2.28. The first kappa shape index (κ1) is 27.8. The van der Waals surface area contributed by atoms with Crippen molar-refractivity contribution in [3.63, 3.8) is 0 Å². The van der Waals surface area contributed by atoms with E-state index in [1.165, 1.54) is 16.7 Å². The van der Waals surface area contributed by atoms with Crippen molar-refractivity contribution < 1.29 is 19.1 Å². The number of aryl methyl sites for hydroxylation is 1. The average Bonchev–Trinajstić information content (AvgIpc) is 3.39. The molecule has 2 amide bonds. The molecule has 4 aromatic rings. The van der Waals surface area contributed by atoms with Crippen LogP contribution in [0.25, 0.3) is 0 Å². The standard InChI is InChI=1S/C28H27N5O4S2/c1-19-8-11-22(12-9-19)38-15-14-37-23-13-10-20(16-24(23)36-2)18-29-31-25(34)17-26-32-33-28(39-26)30-27(35)21-6-4-3-5-7-21/h3-13,16,18H,14-15,17H2,1-2H3,(H,31,34)(H,30,33,35)/b29-18-. The van der Waals surface area contributed by atoms with E-state index in [0.29, 0.717) is 33.8 Å². The fourth-order valence-electron chi connectivity index (χ4n) is 3.32. The van der Waals surface area contributed by atoms with E-state index in [1.54, 1.807) is 49.2 Å². The van der Waals surface area contributed by atoms with Crippen molar-refractivity contribution in [3.8, 4) is 11.5 Å². The molecule has 0 aliphatic rings. The highest BCUT2D eigenvalue weighted by atomic mass is 32.2. The molecule has 9 nitrogen and oxygen atoms in total. The third kappa shape index (κ3) is 8.66. The molecule has 3 aromatic carbocycles. The lowest BCUT2D eigenvalue weighted by Gasteiger charge is -2.11. The Bertz CT molecular complexity index is 1430. The summed E-state index contributed by atoms with van der Waals surface area (Å²) in [6, 6.07) is 22.6. The molecule has 0 saturated heterocycles. The summed E-state index contributed by atoms with van der Waals surface area (Å²) in [5.74, 6) is 1.36. The molecule has 0 atom stereocenters. The number of ether oxygens (including phenoxy) is 2. The van der Waals surface area contributed by atoms with E-state index < -0.39 is 0 Å². The van der Waals surface area contributed by atoms with Crippen LogP contribution in [-0.4, -0.2) is 47.7 Å². The molecule has 39 heavy (non-hydrogen) atoms. The molecular formula is C28H27N5O4S2. The molecule has 0 fully saturated rings. The number of thioether (sulfide) groups is 1. The second kappa shape index (κ2) is 14.1. The van der Waals surface area contributed by atoms with Crippen LogP contribution in [0.1, 0.15) is 26.5 Å². The summed E-state index contributed by atoms with van der Waals surface area (Å²) in [5.41, 5.74) is 4.95. The number of hydrogen-bond acceptors (Lipinski definition) is 9. The maximum atomic E-state index is 12.3. The zero-order valence-electron chi connectivity index (χ0n) is 21.4. The van der Waals surface area contributed by atoms with Crippen molar-refractivity contribution in [1.29, 1.82) is 0 Å². The van der Waals surface area contributed by atoms with Crippen molar-refractivity contribution in [2.75, 3.05) is 24.8 Å². The van der Waals surface area contributed by atoms with Gasteiger partial charge in [0.15, 0.2) is 11.5 Å². The molecule has 0 aliphatic heterocycles. The van der Waals surface area contributed by atoms with Crippen molar-refractivity contribution in [1.82, 2.24) is 15.6 Å². The SMILES string of the molecule is COc1cc(/C=N\NC(=O)Cc2nnc(NC(=O)c3ccccc3)s2)ccc1OCCSc1ccc(C)cc1. The summed E-state index contributed by atoms with van der Waals surface area (Å²) >= 11 is 2.86. The van der Waals surface area contributed by atoms with Crippen LogP contribution in [0.3, 0.4) is 0 Å². The molecule has 0 saturated carbocycles. The van der Waals surface area contributed by atoms with Crippen LogP contribution in [0.15, 0.2) is 82.8 Å². The number of rotatable bonds is 12. The number of anilines is 1. The Hall–Kier alpha value is -4.22. The molecule has 0 radical (unpaired) electrons. The molecule has 0 unspecified atom stereocenters. The van der Waals surface area contributed by atoms with Crippen LogP contribution >= 0.6 is 23.1 Å². The minimum absolute atomic E-state index is 0.0209. The smallest absolute Gasteiger partial charge is 0.257 e. The van der Waals surface area contributed by atoms with Gasteiger partial charge >= 0.3 is 0 Å². The van der Waals surface area contributed by atoms with E-state index in [0.717, 1.165) is 22.7 Å². The topological polar surface area (TPSA) is 115 Å². The van der Waals surface area contributed by atoms with Gasteiger partial charge < -0.3 is 9.47 Å². The number of carbonyl (C=O) groups is 2. The van der Waals surface area contributed by atoms with Crippen molar-refractivity contribution in [2.45, 2.75) is 18.2 Å². The largest absolute Gasteiger partial charge is 0.493 e. The Morgan fingerprint density at radius 1 is 1.03 bits per heavy atom. The van der Waals surface area contributed by atoms with Crippen LogP contribution in [0.2, 0.25) is 0 Å². The van der Waals surface area contributed by atoms with Crippen LogP contribution < -0.4 is 20.2 Å². The van der Waals surface area contributed by atoms with Gasteiger partial charge in [0, 0.05) is 16.2 Å². The average molecular weight is 562 g/mol. The normalized spacial score (nSPS) is 10.8. The van der Waals surface area contributed by atoms with Crippen molar-refractivity contribution >= 4 is 46.3 Å². The Labute approximate surface area is 234 Å². The number of amides is 2. The third-order valence-corrected chi connectivity index (χ3v) is 7.07. The minimum Gasteiger partial charge on any atom is -0.493 e. The number of hydrogen-bond donors (Lipinski definition) is 2. The minimum atomic E-state index is -0.360. The predicted molar refractivity (Wildman–Crippen MR) is 154 cm³/mol. The molecule has 1 heterocycles. The Balaban J connectivity index is 1.22. The second-order valence-corrected chi connectivity index (χ2v) is 10.4. The van der Waals surface area contributed by atoms with E-state index in [4.69, 9.17) is 9.47 Å². The Morgan fingerprint density at radius 3 is 2.59 bits per heavy atom. The van der Waals surface area contributed by atoms with Gasteiger partial charge in [-0.3, -0.25) is 14.9 Å². The van der Waals surface area contributed by atoms with Gasteiger partial charge in [0.25, 0.3) is 5.91 Å². The van der Waals surface area contributed by atoms with Gasteiger partial charge in [0.2, 0.25) is 11.0 Å². The number of methoxy groups -OCH3 is 1. The van der Waals surface area contributed by atoms with E-state index >= 15 is 0 Å². The summed E-state index contributed by atoms with van der Waals surface area (Å²) in [7, 11) is 1.57. The molecule has 1 aromatic heterocycles. The monoisotopic (exact) mass is 561 g/mol. The highest BCUT2D eigenvalue weighted by Gasteiger charge is 2.12. The lowest BCUT2D eigenvalue weighted by Crippen LogP contribution is -2.19. The lowest BCUT2D eigenvalue weighted by molar-refractivity contribution is -0.120. The van der Waals surface area contributed by atoms with E-state index in [-0.39, 0.29) is 18.2 Å². The summed E-state index contributed by atoms with van der Waals surface area (Å²) < 4.78 is 11.3. The van der Waals surface area contributed by atoms with Gasteiger partial charge in [-0.05, 0) is 55.0 Å². The fourth-order valence-corrected chi connectivity index (χ4v) is 4.78. The molecule has 4 rings (SSSR count). The number of carbonyl (C=O) groups excluding carboxylic acids is 2. The molecule has 0 aliphatic carbocycles. The molecule has 11 heteroatoms. The number of aromatic nitrogens is 2. The van der Waals surface area contributed by atoms with Crippen LogP contribution in [-0.2, 0) is 11.2 Å². The first-order valence-corrected chi connectivity index (χ1v) is 13.8. The zero-order valence-corrected chi connectivity index (χ0v) is 23.1. The van der Waals surface area contributed by atoms with Gasteiger partial charge in [-0.25, -0.2) is 5.43 Å².